The minimum absolute atomic E-state index is 0.0310. The van der Waals surface area contributed by atoms with Crippen molar-refractivity contribution in [1.29, 1.82) is 0 Å². The molecule has 0 bridgehead atoms. The van der Waals surface area contributed by atoms with E-state index in [1.165, 1.54) is 5.56 Å². The number of nitrogens with one attached hydrogen (secondary N) is 2. The van der Waals surface area contributed by atoms with Crippen molar-refractivity contribution in [3.63, 3.8) is 0 Å². The SMILES string of the molecule is CC(CCc1ccccc1)NC(=O)CN1C(=O)NC(C)(C)C1=O. The molecule has 6 heteroatoms. The maximum absolute atomic E-state index is 12.0. The van der Waals surface area contributed by atoms with Crippen molar-refractivity contribution in [1.82, 2.24) is 15.5 Å². The van der Waals surface area contributed by atoms with E-state index in [-0.39, 0.29) is 24.4 Å². The molecule has 1 aromatic carbocycles. The van der Waals surface area contributed by atoms with E-state index >= 15 is 0 Å². The first-order chi connectivity index (χ1) is 10.8. The standard InChI is InChI=1S/C17H23N3O3/c1-12(9-10-13-7-5-4-6-8-13)18-14(21)11-20-15(22)17(2,3)19-16(20)23/h4-8,12H,9-11H2,1-3H3,(H,18,21)(H,19,23). The largest absolute Gasteiger partial charge is 0.352 e. The second-order valence-corrected chi connectivity index (χ2v) is 6.44. The van der Waals surface area contributed by atoms with Crippen LogP contribution in [0, 0.1) is 0 Å². The summed E-state index contributed by atoms with van der Waals surface area (Å²) in [5.74, 6) is -0.707. The number of aryl methyl sites for hydroxylation is 1. The normalized spacial score (nSPS) is 17.8. The Bertz CT molecular complexity index is 598. The zero-order valence-corrected chi connectivity index (χ0v) is 13.8. The molecule has 1 unspecified atom stereocenters. The maximum Gasteiger partial charge on any atom is 0.325 e. The van der Waals surface area contributed by atoms with E-state index in [4.69, 9.17) is 0 Å². The molecule has 2 rings (SSSR count). The molecule has 1 saturated heterocycles. The van der Waals surface area contributed by atoms with Crippen LogP contribution in [0.3, 0.4) is 0 Å². The summed E-state index contributed by atoms with van der Waals surface area (Å²) in [6.45, 7) is 4.90. The van der Waals surface area contributed by atoms with Crippen LogP contribution in [0.5, 0.6) is 0 Å². The van der Waals surface area contributed by atoms with Crippen molar-refractivity contribution in [3.05, 3.63) is 35.9 Å². The summed E-state index contributed by atoms with van der Waals surface area (Å²) in [5.41, 5.74) is 0.264. The predicted molar refractivity (Wildman–Crippen MR) is 86.7 cm³/mol. The lowest BCUT2D eigenvalue weighted by atomic mass is 10.1. The van der Waals surface area contributed by atoms with E-state index in [2.05, 4.69) is 10.6 Å². The van der Waals surface area contributed by atoms with Gasteiger partial charge in [-0.05, 0) is 39.2 Å². The molecule has 2 N–H and O–H groups in total. The third kappa shape index (κ3) is 4.31. The molecule has 23 heavy (non-hydrogen) atoms. The fourth-order valence-corrected chi connectivity index (χ4v) is 2.53. The van der Waals surface area contributed by atoms with Gasteiger partial charge in [0.15, 0.2) is 0 Å². The van der Waals surface area contributed by atoms with Crippen molar-refractivity contribution in [3.8, 4) is 0 Å². The number of carbonyl (C=O) groups excluding carboxylic acids is 3. The first kappa shape index (κ1) is 17.0. The Morgan fingerprint density at radius 3 is 2.48 bits per heavy atom. The molecule has 0 radical (unpaired) electrons. The third-order valence-corrected chi connectivity index (χ3v) is 3.86. The number of imide groups is 1. The number of nitrogens with zero attached hydrogens (tertiary/aromatic N) is 1. The Morgan fingerprint density at radius 2 is 1.91 bits per heavy atom. The lowest BCUT2D eigenvalue weighted by molar-refractivity contribution is -0.134. The van der Waals surface area contributed by atoms with Crippen LogP contribution < -0.4 is 10.6 Å². The molecule has 0 spiro atoms. The molecule has 6 nitrogen and oxygen atoms in total. The topological polar surface area (TPSA) is 78.5 Å². The van der Waals surface area contributed by atoms with Crippen molar-refractivity contribution in [2.45, 2.75) is 45.2 Å². The van der Waals surface area contributed by atoms with Gasteiger partial charge in [0.25, 0.3) is 5.91 Å². The third-order valence-electron chi connectivity index (χ3n) is 3.86. The van der Waals surface area contributed by atoms with Crippen LogP contribution in [0.2, 0.25) is 0 Å². The average Bonchev–Trinajstić information content (AvgIpc) is 2.68. The highest BCUT2D eigenvalue weighted by Crippen LogP contribution is 2.16. The number of amides is 4. The highest BCUT2D eigenvalue weighted by molar-refractivity contribution is 6.08. The number of hydrogen-bond acceptors (Lipinski definition) is 3. The van der Waals surface area contributed by atoms with E-state index in [1.807, 2.05) is 37.3 Å². The molecule has 0 aliphatic carbocycles. The number of hydrogen-bond donors (Lipinski definition) is 2. The molecule has 1 fully saturated rings. The van der Waals surface area contributed by atoms with Gasteiger partial charge in [0, 0.05) is 6.04 Å². The van der Waals surface area contributed by atoms with E-state index in [0.717, 1.165) is 17.7 Å². The van der Waals surface area contributed by atoms with Crippen LogP contribution in [0.4, 0.5) is 4.79 Å². The molecule has 0 aromatic heterocycles. The second kappa shape index (κ2) is 6.81. The molecule has 1 aliphatic rings. The van der Waals surface area contributed by atoms with Gasteiger partial charge in [-0.15, -0.1) is 0 Å². The van der Waals surface area contributed by atoms with E-state index in [0.29, 0.717) is 0 Å². The van der Waals surface area contributed by atoms with Crippen LogP contribution in [0.1, 0.15) is 32.8 Å². The molecular formula is C17H23N3O3. The number of carbonyl (C=O) groups is 3. The Labute approximate surface area is 136 Å². The van der Waals surface area contributed by atoms with Crippen LogP contribution >= 0.6 is 0 Å². The monoisotopic (exact) mass is 317 g/mol. The zero-order chi connectivity index (χ0) is 17.0. The molecule has 124 valence electrons. The molecule has 4 amide bonds. The Hall–Kier alpha value is -2.37. The number of benzene rings is 1. The summed E-state index contributed by atoms with van der Waals surface area (Å²) in [7, 11) is 0. The number of rotatable bonds is 6. The molecule has 1 aromatic rings. The van der Waals surface area contributed by atoms with E-state index in [9.17, 15) is 14.4 Å². The molecule has 1 aliphatic heterocycles. The van der Waals surface area contributed by atoms with Gasteiger partial charge in [-0.3, -0.25) is 14.5 Å². The van der Waals surface area contributed by atoms with Gasteiger partial charge in [-0.1, -0.05) is 30.3 Å². The quantitative estimate of drug-likeness (QED) is 0.780. The number of urea groups is 1. The van der Waals surface area contributed by atoms with Crippen molar-refractivity contribution >= 4 is 17.8 Å². The van der Waals surface area contributed by atoms with E-state index < -0.39 is 11.6 Å². The van der Waals surface area contributed by atoms with Crippen LogP contribution in [0.15, 0.2) is 30.3 Å². The first-order valence-electron chi connectivity index (χ1n) is 7.77. The fourth-order valence-electron chi connectivity index (χ4n) is 2.53. The Balaban J connectivity index is 1.80. The van der Waals surface area contributed by atoms with Crippen molar-refractivity contribution in [2.24, 2.45) is 0 Å². The highest BCUT2D eigenvalue weighted by atomic mass is 16.2. The van der Waals surface area contributed by atoms with Gasteiger partial charge in [0.05, 0.1) is 0 Å². The van der Waals surface area contributed by atoms with Crippen molar-refractivity contribution in [2.75, 3.05) is 6.54 Å². The summed E-state index contributed by atoms with van der Waals surface area (Å²) < 4.78 is 0. The molecular weight excluding hydrogens is 294 g/mol. The summed E-state index contributed by atoms with van der Waals surface area (Å²) in [6, 6.07) is 9.47. The van der Waals surface area contributed by atoms with Gasteiger partial charge in [-0.2, -0.15) is 0 Å². The average molecular weight is 317 g/mol. The summed E-state index contributed by atoms with van der Waals surface area (Å²) in [6.07, 6.45) is 1.65. The van der Waals surface area contributed by atoms with Gasteiger partial charge >= 0.3 is 6.03 Å². The van der Waals surface area contributed by atoms with Gasteiger partial charge in [-0.25, -0.2) is 4.79 Å². The minimum atomic E-state index is -0.948. The van der Waals surface area contributed by atoms with E-state index in [1.54, 1.807) is 13.8 Å². The molecule has 1 heterocycles. The smallest absolute Gasteiger partial charge is 0.325 e. The van der Waals surface area contributed by atoms with Crippen molar-refractivity contribution < 1.29 is 14.4 Å². The summed E-state index contributed by atoms with van der Waals surface area (Å²) in [5, 5.41) is 5.39. The lowest BCUT2D eigenvalue weighted by Gasteiger charge is -2.18. The zero-order valence-electron chi connectivity index (χ0n) is 13.8. The summed E-state index contributed by atoms with van der Waals surface area (Å²) >= 11 is 0. The molecule has 0 saturated carbocycles. The second-order valence-electron chi connectivity index (χ2n) is 6.44. The highest BCUT2D eigenvalue weighted by Gasteiger charge is 2.44. The lowest BCUT2D eigenvalue weighted by Crippen LogP contribution is -2.45. The summed E-state index contributed by atoms with van der Waals surface area (Å²) in [4.78, 5) is 36.8. The fraction of sp³-hybridized carbons (Fsp3) is 0.471. The first-order valence-corrected chi connectivity index (χ1v) is 7.77. The van der Waals surface area contributed by atoms with Crippen LogP contribution in [-0.2, 0) is 16.0 Å². The van der Waals surface area contributed by atoms with Crippen LogP contribution in [0.25, 0.3) is 0 Å². The van der Waals surface area contributed by atoms with Crippen LogP contribution in [-0.4, -0.2) is 40.9 Å². The predicted octanol–water partition coefficient (Wildman–Crippen LogP) is 1.45. The van der Waals surface area contributed by atoms with Gasteiger partial charge < -0.3 is 10.6 Å². The Morgan fingerprint density at radius 1 is 1.26 bits per heavy atom. The Kier molecular flexibility index (Phi) is 5.03. The van der Waals surface area contributed by atoms with Gasteiger partial charge in [0.1, 0.15) is 12.1 Å². The minimum Gasteiger partial charge on any atom is -0.352 e. The molecule has 1 atom stereocenters. The van der Waals surface area contributed by atoms with Gasteiger partial charge in [0.2, 0.25) is 5.91 Å². The maximum atomic E-state index is 12.0.